The van der Waals surface area contributed by atoms with E-state index in [0.717, 1.165) is 23.9 Å². The fraction of sp³-hybridized carbons (Fsp3) is 0.385. The van der Waals surface area contributed by atoms with Crippen molar-refractivity contribution in [1.29, 1.82) is 0 Å². The van der Waals surface area contributed by atoms with Crippen LogP contribution in [0, 0.1) is 12.8 Å². The van der Waals surface area contributed by atoms with Crippen molar-refractivity contribution in [3.63, 3.8) is 0 Å². The van der Waals surface area contributed by atoms with Gasteiger partial charge in [0.05, 0.1) is 0 Å². The maximum absolute atomic E-state index is 12.1. The summed E-state index contributed by atoms with van der Waals surface area (Å²) in [6.45, 7) is 1.80. The van der Waals surface area contributed by atoms with E-state index in [1.807, 2.05) is 0 Å². The predicted octanol–water partition coefficient (Wildman–Crippen LogP) is 2.06. The summed E-state index contributed by atoms with van der Waals surface area (Å²) in [7, 11) is 0. The molecule has 17 heavy (non-hydrogen) atoms. The summed E-state index contributed by atoms with van der Waals surface area (Å²) in [6, 6.07) is 5.61. The third-order valence-corrected chi connectivity index (χ3v) is 3.32. The fourth-order valence-corrected chi connectivity index (χ4v) is 2.31. The van der Waals surface area contributed by atoms with Gasteiger partial charge in [-0.05, 0) is 31.0 Å². The maximum atomic E-state index is 12.1. The Balaban J connectivity index is 1.92. The first-order chi connectivity index (χ1) is 8.13. The molecule has 4 heteroatoms. The van der Waals surface area contributed by atoms with Crippen molar-refractivity contribution in [3.05, 3.63) is 29.7 Å². The van der Waals surface area contributed by atoms with Gasteiger partial charge in [-0.25, -0.2) is 4.98 Å². The summed E-state index contributed by atoms with van der Waals surface area (Å²) in [5.74, 6) is 0.889. The van der Waals surface area contributed by atoms with Gasteiger partial charge in [0.2, 0.25) is 0 Å². The number of nitrogens with zero attached hydrogens (tertiary/aromatic N) is 1. The van der Waals surface area contributed by atoms with E-state index in [4.69, 9.17) is 10.2 Å². The summed E-state index contributed by atoms with van der Waals surface area (Å²) in [5, 5.41) is 0. The summed E-state index contributed by atoms with van der Waals surface area (Å²) < 4.78 is 5.38. The molecule has 0 bridgehead atoms. The van der Waals surface area contributed by atoms with Crippen molar-refractivity contribution in [2.45, 2.75) is 25.8 Å². The first kappa shape index (κ1) is 10.5. The van der Waals surface area contributed by atoms with Gasteiger partial charge >= 0.3 is 0 Å². The van der Waals surface area contributed by atoms with Gasteiger partial charge in [0.15, 0.2) is 17.3 Å². The Morgan fingerprint density at radius 3 is 2.94 bits per heavy atom. The van der Waals surface area contributed by atoms with Crippen LogP contribution in [-0.4, -0.2) is 16.8 Å². The molecule has 1 aliphatic carbocycles. The van der Waals surface area contributed by atoms with E-state index in [1.54, 1.807) is 25.1 Å². The van der Waals surface area contributed by atoms with Crippen LogP contribution in [-0.2, 0) is 0 Å². The molecule has 88 valence electrons. The van der Waals surface area contributed by atoms with Gasteiger partial charge in [-0.3, -0.25) is 4.79 Å². The Kier molecular flexibility index (Phi) is 2.26. The zero-order chi connectivity index (χ0) is 12.0. The molecule has 0 radical (unpaired) electrons. The van der Waals surface area contributed by atoms with Crippen molar-refractivity contribution < 1.29 is 9.21 Å². The highest BCUT2D eigenvalue weighted by atomic mass is 16.3. The van der Waals surface area contributed by atoms with E-state index in [1.165, 1.54) is 0 Å². The quantitative estimate of drug-likeness (QED) is 0.802. The first-order valence-electron chi connectivity index (χ1n) is 5.80. The minimum absolute atomic E-state index is 0.0930. The lowest BCUT2D eigenvalue weighted by atomic mass is 9.76. The van der Waals surface area contributed by atoms with Crippen molar-refractivity contribution in [2.24, 2.45) is 11.7 Å². The highest BCUT2D eigenvalue weighted by Crippen LogP contribution is 2.30. The van der Waals surface area contributed by atoms with E-state index >= 15 is 0 Å². The number of rotatable bonds is 2. The van der Waals surface area contributed by atoms with Crippen molar-refractivity contribution in [2.75, 3.05) is 0 Å². The Labute approximate surface area is 98.8 Å². The second-order valence-electron chi connectivity index (χ2n) is 4.71. The number of oxazole rings is 1. The smallest absolute Gasteiger partial charge is 0.192 e. The zero-order valence-electron chi connectivity index (χ0n) is 9.64. The van der Waals surface area contributed by atoms with E-state index in [2.05, 4.69) is 4.98 Å². The number of ketones is 1. The largest absolute Gasteiger partial charge is 0.441 e. The topological polar surface area (TPSA) is 69.1 Å². The molecular weight excluding hydrogens is 216 g/mol. The van der Waals surface area contributed by atoms with Crippen LogP contribution in [0.15, 0.2) is 22.6 Å². The molecule has 1 heterocycles. The predicted molar refractivity (Wildman–Crippen MR) is 63.8 cm³/mol. The summed E-state index contributed by atoms with van der Waals surface area (Å²) in [6.07, 6.45) is 1.60. The molecule has 0 saturated heterocycles. The molecule has 3 rings (SSSR count). The molecule has 2 aromatic rings. The minimum Gasteiger partial charge on any atom is -0.441 e. The number of carbonyl (C=O) groups is 1. The van der Waals surface area contributed by atoms with Crippen LogP contribution in [0.5, 0.6) is 0 Å². The van der Waals surface area contributed by atoms with Gasteiger partial charge in [-0.1, -0.05) is 0 Å². The lowest BCUT2D eigenvalue weighted by Crippen LogP contribution is -2.40. The van der Waals surface area contributed by atoms with E-state index in [9.17, 15) is 4.79 Å². The molecule has 0 spiro atoms. The molecule has 1 aliphatic rings. The molecule has 2 N–H and O–H groups in total. The third-order valence-electron chi connectivity index (χ3n) is 3.32. The minimum atomic E-state index is 0.0930. The van der Waals surface area contributed by atoms with Crippen LogP contribution >= 0.6 is 0 Å². The summed E-state index contributed by atoms with van der Waals surface area (Å²) in [5.41, 5.74) is 7.88. The van der Waals surface area contributed by atoms with Gasteiger partial charge in [-0.2, -0.15) is 0 Å². The number of aryl methyl sites for hydroxylation is 1. The van der Waals surface area contributed by atoms with Crippen LogP contribution in [0.4, 0.5) is 0 Å². The molecule has 1 saturated carbocycles. The van der Waals surface area contributed by atoms with Crippen LogP contribution in [0.1, 0.15) is 29.1 Å². The van der Waals surface area contributed by atoms with Crippen molar-refractivity contribution >= 4 is 16.9 Å². The fourth-order valence-electron chi connectivity index (χ4n) is 2.31. The molecule has 1 fully saturated rings. The van der Waals surface area contributed by atoms with Crippen LogP contribution in [0.3, 0.4) is 0 Å². The molecule has 1 aromatic heterocycles. The van der Waals surface area contributed by atoms with Gasteiger partial charge in [0.1, 0.15) is 5.52 Å². The highest BCUT2D eigenvalue weighted by molar-refractivity contribution is 6.00. The normalized spacial score (nSPS) is 23.6. The Hall–Kier alpha value is -1.68. The molecule has 0 unspecified atom stereocenters. The summed E-state index contributed by atoms with van der Waals surface area (Å²) >= 11 is 0. The third kappa shape index (κ3) is 1.74. The van der Waals surface area contributed by atoms with Crippen LogP contribution in [0.2, 0.25) is 0 Å². The number of aromatic nitrogens is 1. The van der Waals surface area contributed by atoms with E-state index < -0.39 is 0 Å². The molecule has 4 nitrogen and oxygen atoms in total. The second-order valence-corrected chi connectivity index (χ2v) is 4.71. The molecule has 0 aliphatic heterocycles. The average molecular weight is 230 g/mol. The highest BCUT2D eigenvalue weighted by Gasteiger charge is 2.32. The monoisotopic (exact) mass is 230 g/mol. The van der Waals surface area contributed by atoms with Crippen molar-refractivity contribution in [1.82, 2.24) is 4.98 Å². The number of carbonyl (C=O) groups excluding carboxylic acids is 1. The van der Waals surface area contributed by atoms with E-state index in [-0.39, 0.29) is 17.7 Å². The lowest BCUT2D eigenvalue weighted by Gasteiger charge is -2.31. The van der Waals surface area contributed by atoms with Gasteiger partial charge in [0.25, 0.3) is 0 Å². The molecular formula is C13H14N2O2. The summed E-state index contributed by atoms with van der Waals surface area (Å²) in [4.78, 5) is 16.3. The molecule has 1 aromatic carbocycles. The number of fused-ring (bicyclic) bond motifs is 1. The maximum Gasteiger partial charge on any atom is 0.192 e. The Bertz CT molecular complexity index is 582. The van der Waals surface area contributed by atoms with Crippen LogP contribution in [0.25, 0.3) is 11.1 Å². The zero-order valence-corrected chi connectivity index (χ0v) is 9.64. The molecule has 0 atom stereocenters. The number of nitrogens with two attached hydrogens (primary N) is 1. The molecule has 0 amide bonds. The van der Waals surface area contributed by atoms with Crippen molar-refractivity contribution in [3.8, 4) is 0 Å². The number of hydrogen-bond acceptors (Lipinski definition) is 4. The van der Waals surface area contributed by atoms with Gasteiger partial charge in [-0.15, -0.1) is 0 Å². The van der Waals surface area contributed by atoms with Crippen LogP contribution < -0.4 is 5.73 Å². The second kappa shape index (κ2) is 3.67. The lowest BCUT2D eigenvalue weighted by molar-refractivity contribution is 0.0833. The number of Topliss-reactive ketones (excluding diaryl/α,β-unsaturated/α-hetero) is 1. The van der Waals surface area contributed by atoms with Gasteiger partial charge < -0.3 is 10.2 Å². The van der Waals surface area contributed by atoms with Gasteiger partial charge in [0, 0.05) is 24.4 Å². The first-order valence-corrected chi connectivity index (χ1v) is 5.80. The SMILES string of the molecule is Cc1nc2cc(C(=O)C3CC(N)C3)ccc2o1. The Morgan fingerprint density at radius 2 is 2.24 bits per heavy atom. The average Bonchev–Trinajstić information content (AvgIpc) is 2.62. The standard InChI is InChI=1S/C13H14N2O2/c1-7-15-11-6-8(2-3-12(11)17-7)13(16)9-4-10(14)5-9/h2-3,6,9-10H,4-5,14H2,1H3. The number of benzene rings is 1. The Morgan fingerprint density at radius 1 is 1.47 bits per heavy atom. The number of hydrogen-bond donors (Lipinski definition) is 1. The van der Waals surface area contributed by atoms with E-state index in [0.29, 0.717) is 11.5 Å².